The Kier molecular flexibility index (Phi) is 3.85. The van der Waals surface area contributed by atoms with Crippen LogP contribution in [0, 0.1) is 5.38 Å². The van der Waals surface area contributed by atoms with Gasteiger partial charge in [0.05, 0.1) is 0 Å². The van der Waals surface area contributed by atoms with Crippen LogP contribution in [-0.2, 0) is 21.7 Å². The van der Waals surface area contributed by atoms with Gasteiger partial charge in [0.15, 0.2) is 0 Å². The summed E-state index contributed by atoms with van der Waals surface area (Å²) in [5.74, 6) is 0. The van der Waals surface area contributed by atoms with Crippen molar-refractivity contribution in [3.63, 3.8) is 0 Å². The molecule has 0 spiro atoms. The minimum atomic E-state index is 0. The van der Waals surface area contributed by atoms with Crippen molar-refractivity contribution in [2.75, 3.05) is 0 Å². The SMILES string of the molecule is [Ti].[c-]1cccs1. The third kappa shape index (κ3) is 1.76. The first-order chi connectivity index (χ1) is 2.50. The van der Waals surface area contributed by atoms with E-state index in [1.165, 1.54) is 0 Å². The average molecular weight is 131 g/mol. The Hall–Kier alpha value is 0.414. The van der Waals surface area contributed by atoms with Crippen LogP contribution in [0.5, 0.6) is 0 Å². The molecule has 30 valence electrons. The largest absolute Gasteiger partial charge is 0.304 e. The molecule has 1 heterocycles. The van der Waals surface area contributed by atoms with Crippen molar-refractivity contribution in [3.05, 3.63) is 22.9 Å². The van der Waals surface area contributed by atoms with Crippen molar-refractivity contribution in [2.45, 2.75) is 0 Å². The summed E-state index contributed by atoms with van der Waals surface area (Å²) in [6, 6.07) is 3.86. The first-order valence-corrected chi connectivity index (χ1v) is 2.27. The zero-order valence-corrected chi connectivity index (χ0v) is 5.52. The summed E-state index contributed by atoms with van der Waals surface area (Å²) in [5, 5.41) is 4.89. The third-order valence-electron chi connectivity index (χ3n) is 0.379. The Morgan fingerprint density at radius 1 is 1.50 bits per heavy atom. The van der Waals surface area contributed by atoms with Gasteiger partial charge in [-0.05, 0) is 0 Å². The van der Waals surface area contributed by atoms with Gasteiger partial charge in [-0.1, -0.05) is 0 Å². The van der Waals surface area contributed by atoms with Gasteiger partial charge in [0.2, 0.25) is 0 Å². The van der Waals surface area contributed by atoms with Gasteiger partial charge >= 0.3 is 0 Å². The standard InChI is InChI=1S/C4H3S.Ti/c1-2-4-5-3-1;/h1-3H;/q-1;. The molecule has 0 saturated carbocycles. The topological polar surface area (TPSA) is 0 Å². The van der Waals surface area contributed by atoms with Gasteiger partial charge in [0.1, 0.15) is 0 Å². The van der Waals surface area contributed by atoms with Crippen LogP contribution in [0.2, 0.25) is 0 Å². The van der Waals surface area contributed by atoms with E-state index in [4.69, 9.17) is 0 Å². The monoisotopic (exact) mass is 131 g/mol. The first kappa shape index (κ1) is 6.41. The van der Waals surface area contributed by atoms with Crippen molar-refractivity contribution in [1.29, 1.82) is 0 Å². The minimum absolute atomic E-state index is 0. The summed E-state index contributed by atoms with van der Waals surface area (Å²) < 4.78 is 0. The Labute approximate surface area is 56.1 Å². The van der Waals surface area contributed by atoms with Crippen LogP contribution in [0.3, 0.4) is 0 Å². The van der Waals surface area contributed by atoms with Gasteiger partial charge in [-0.25, -0.2) is 6.07 Å². The van der Waals surface area contributed by atoms with E-state index < -0.39 is 0 Å². The summed E-state index contributed by atoms with van der Waals surface area (Å²) in [4.78, 5) is 0. The van der Waals surface area contributed by atoms with Crippen molar-refractivity contribution in [3.8, 4) is 0 Å². The van der Waals surface area contributed by atoms with Crippen LogP contribution in [0.15, 0.2) is 17.5 Å². The second-order valence-electron chi connectivity index (χ2n) is 0.731. The van der Waals surface area contributed by atoms with Crippen LogP contribution in [0.25, 0.3) is 0 Å². The summed E-state index contributed by atoms with van der Waals surface area (Å²) in [6.45, 7) is 0. The van der Waals surface area contributed by atoms with Crippen molar-refractivity contribution < 1.29 is 21.7 Å². The smallest absolute Gasteiger partial charge is 0 e. The van der Waals surface area contributed by atoms with E-state index in [1.807, 2.05) is 17.5 Å². The third-order valence-corrected chi connectivity index (χ3v) is 0.944. The molecule has 6 heavy (non-hydrogen) atoms. The molecule has 0 aliphatic rings. The molecule has 0 N–H and O–H groups in total. The van der Waals surface area contributed by atoms with Crippen molar-refractivity contribution in [1.82, 2.24) is 0 Å². The summed E-state index contributed by atoms with van der Waals surface area (Å²) >= 11 is 1.59. The maximum Gasteiger partial charge on any atom is 0 e. The van der Waals surface area contributed by atoms with E-state index >= 15 is 0 Å². The molecule has 1 aromatic heterocycles. The molecule has 0 atom stereocenters. The number of rotatable bonds is 0. The second kappa shape index (κ2) is 3.60. The predicted molar refractivity (Wildman–Crippen MR) is 23.2 cm³/mol. The molecule has 0 unspecified atom stereocenters. The average Bonchev–Trinajstić information content (AvgIpc) is 1.76. The molecule has 1 aromatic rings. The zero-order valence-electron chi connectivity index (χ0n) is 3.14. The van der Waals surface area contributed by atoms with Gasteiger partial charge in [-0.2, -0.15) is 11.4 Å². The Morgan fingerprint density at radius 3 is 2.50 bits per heavy atom. The van der Waals surface area contributed by atoms with Crippen LogP contribution in [0.1, 0.15) is 0 Å². The fourth-order valence-corrected chi connectivity index (χ4v) is 0.589. The number of thiophene rings is 1. The van der Waals surface area contributed by atoms with Crippen molar-refractivity contribution in [2.24, 2.45) is 0 Å². The fraction of sp³-hybridized carbons (Fsp3) is 0. The molecule has 0 fully saturated rings. The van der Waals surface area contributed by atoms with E-state index in [9.17, 15) is 0 Å². The minimum Gasteiger partial charge on any atom is -0.304 e. The zero-order chi connectivity index (χ0) is 3.54. The Morgan fingerprint density at radius 2 is 2.33 bits per heavy atom. The quantitative estimate of drug-likeness (QED) is 0.370. The molecule has 0 nitrogen and oxygen atoms in total. The maximum atomic E-state index is 2.90. The molecule has 0 radical (unpaired) electrons. The van der Waals surface area contributed by atoms with E-state index in [-0.39, 0.29) is 21.7 Å². The Balaban J connectivity index is 0.000000250. The Bertz CT molecular complexity index is 64.0. The normalized spacial score (nSPS) is 6.67. The number of hydrogen-bond donors (Lipinski definition) is 0. The van der Waals surface area contributed by atoms with E-state index in [2.05, 4.69) is 5.38 Å². The molecule has 0 amide bonds. The molecular formula is C4H3STi-. The van der Waals surface area contributed by atoms with Crippen LogP contribution in [-0.4, -0.2) is 0 Å². The molecule has 0 aromatic carbocycles. The second-order valence-corrected chi connectivity index (χ2v) is 1.47. The van der Waals surface area contributed by atoms with Gasteiger partial charge in [0.25, 0.3) is 0 Å². The summed E-state index contributed by atoms with van der Waals surface area (Å²) in [5.41, 5.74) is 0. The maximum absolute atomic E-state index is 2.90. The molecule has 1 rings (SSSR count). The van der Waals surface area contributed by atoms with Crippen LogP contribution >= 0.6 is 11.3 Å². The van der Waals surface area contributed by atoms with E-state index in [1.54, 1.807) is 11.3 Å². The van der Waals surface area contributed by atoms with Crippen molar-refractivity contribution >= 4 is 11.3 Å². The molecule has 0 saturated heterocycles. The van der Waals surface area contributed by atoms with Gasteiger partial charge < -0.3 is 11.3 Å². The van der Waals surface area contributed by atoms with Gasteiger partial charge in [-0.15, -0.1) is 5.38 Å². The molecule has 0 aliphatic heterocycles. The van der Waals surface area contributed by atoms with E-state index in [0.29, 0.717) is 0 Å². The molecular weight excluding hydrogens is 128 g/mol. The summed E-state index contributed by atoms with van der Waals surface area (Å²) in [6.07, 6.45) is 0. The van der Waals surface area contributed by atoms with Gasteiger partial charge in [-0.3, -0.25) is 0 Å². The van der Waals surface area contributed by atoms with Crippen LogP contribution in [0.4, 0.5) is 0 Å². The first-order valence-electron chi connectivity index (χ1n) is 1.40. The van der Waals surface area contributed by atoms with E-state index in [0.717, 1.165) is 0 Å². The number of hydrogen-bond acceptors (Lipinski definition) is 1. The summed E-state index contributed by atoms with van der Waals surface area (Å²) in [7, 11) is 0. The molecule has 0 bridgehead atoms. The molecule has 0 aliphatic carbocycles. The van der Waals surface area contributed by atoms with Crippen LogP contribution < -0.4 is 0 Å². The molecule has 2 heteroatoms. The fourth-order valence-electron chi connectivity index (χ4n) is 0.196. The van der Waals surface area contributed by atoms with Gasteiger partial charge in [0, 0.05) is 21.7 Å². The predicted octanol–water partition coefficient (Wildman–Crippen LogP) is 1.55.